The summed E-state index contributed by atoms with van der Waals surface area (Å²) in [6.45, 7) is 7.07. The third-order valence-electron chi connectivity index (χ3n) is 4.93. The van der Waals surface area contributed by atoms with Crippen LogP contribution in [0.2, 0.25) is 0 Å². The number of H-pyrrole nitrogens is 1. The number of carbonyl (C=O) groups is 2. The van der Waals surface area contributed by atoms with Crippen molar-refractivity contribution < 1.29 is 14.8 Å². The van der Waals surface area contributed by atoms with Crippen molar-refractivity contribution in [2.45, 2.75) is 32.6 Å². The highest BCUT2D eigenvalue weighted by Gasteiger charge is 2.22. The summed E-state index contributed by atoms with van der Waals surface area (Å²) in [7, 11) is 0. The lowest BCUT2D eigenvalue weighted by Gasteiger charge is -2.19. The summed E-state index contributed by atoms with van der Waals surface area (Å²) in [5.41, 5.74) is 6.36. The van der Waals surface area contributed by atoms with Gasteiger partial charge in [-0.15, -0.1) is 0 Å². The average molecular weight is 405 g/mol. The van der Waals surface area contributed by atoms with Crippen LogP contribution in [0.5, 0.6) is 0 Å². The van der Waals surface area contributed by atoms with Gasteiger partial charge in [-0.1, -0.05) is 51.1 Å². The number of nitrogens with one attached hydrogen (secondary N) is 3. The SMILES string of the molecule is CC(C)(C)c1[nH]c2ccccc2c1CCNC(=O)c1ccc(C=CC(=O)NO)cc1. The van der Waals surface area contributed by atoms with Crippen molar-refractivity contribution in [3.8, 4) is 0 Å². The van der Waals surface area contributed by atoms with Crippen LogP contribution in [0.4, 0.5) is 0 Å². The number of hydroxylamine groups is 1. The van der Waals surface area contributed by atoms with Crippen LogP contribution >= 0.6 is 0 Å². The van der Waals surface area contributed by atoms with Gasteiger partial charge in [-0.2, -0.15) is 0 Å². The second kappa shape index (κ2) is 8.97. The fourth-order valence-electron chi connectivity index (χ4n) is 3.46. The van der Waals surface area contributed by atoms with Crippen LogP contribution in [0.15, 0.2) is 54.6 Å². The molecule has 0 aliphatic rings. The number of rotatable bonds is 6. The first-order valence-corrected chi connectivity index (χ1v) is 9.90. The molecule has 0 unspecified atom stereocenters. The van der Waals surface area contributed by atoms with E-state index in [1.54, 1.807) is 30.3 Å². The smallest absolute Gasteiger partial charge is 0.267 e. The van der Waals surface area contributed by atoms with Gasteiger partial charge < -0.3 is 10.3 Å². The molecule has 0 saturated heterocycles. The Bertz CT molecular complexity index is 1070. The molecule has 0 aliphatic heterocycles. The quantitative estimate of drug-likeness (QED) is 0.284. The maximum absolute atomic E-state index is 12.5. The van der Waals surface area contributed by atoms with E-state index in [4.69, 9.17) is 5.21 Å². The summed E-state index contributed by atoms with van der Waals surface area (Å²) in [4.78, 5) is 27.1. The van der Waals surface area contributed by atoms with E-state index in [2.05, 4.69) is 43.2 Å². The van der Waals surface area contributed by atoms with E-state index in [1.807, 2.05) is 12.1 Å². The molecule has 2 amide bonds. The molecule has 0 spiro atoms. The first kappa shape index (κ1) is 21.3. The van der Waals surface area contributed by atoms with Gasteiger partial charge in [0.25, 0.3) is 11.8 Å². The number of hydrogen-bond donors (Lipinski definition) is 4. The Hall–Kier alpha value is -3.38. The zero-order valence-corrected chi connectivity index (χ0v) is 17.5. The van der Waals surface area contributed by atoms with Gasteiger partial charge in [0.1, 0.15) is 0 Å². The summed E-state index contributed by atoms with van der Waals surface area (Å²) in [6.07, 6.45) is 3.50. The van der Waals surface area contributed by atoms with E-state index in [9.17, 15) is 9.59 Å². The molecule has 1 aromatic heterocycles. The highest BCUT2D eigenvalue weighted by Crippen LogP contribution is 2.31. The third-order valence-corrected chi connectivity index (χ3v) is 4.93. The van der Waals surface area contributed by atoms with Gasteiger partial charge in [-0.25, -0.2) is 5.48 Å². The number of fused-ring (bicyclic) bond motifs is 1. The van der Waals surface area contributed by atoms with Crippen molar-refractivity contribution >= 4 is 28.8 Å². The molecular weight excluding hydrogens is 378 g/mol. The number of amides is 2. The standard InChI is InChI=1S/C24H27N3O3/c1-24(2,3)22-19(18-6-4-5-7-20(18)26-22)14-15-25-23(29)17-11-8-16(9-12-17)10-13-21(28)27-30/h4-13,26,30H,14-15H2,1-3H3,(H,25,29)(H,27,28). The Morgan fingerprint density at radius 3 is 2.43 bits per heavy atom. The second-order valence-electron chi connectivity index (χ2n) is 8.21. The Morgan fingerprint density at radius 1 is 1.07 bits per heavy atom. The molecule has 0 fully saturated rings. The van der Waals surface area contributed by atoms with Crippen molar-refractivity contribution in [1.82, 2.24) is 15.8 Å². The molecular formula is C24H27N3O3. The lowest BCUT2D eigenvalue weighted by Crippen LogP contribution is -2.26. The molecule has 3 aromatic rings. The summed E-state index contributed by atoms with van der Waals surface area (Å²) in [5.74, 6) is -0.750. The molecule has 0 saturated carbocycles. The van der Waals surface area contributed by atoms with Crippen molar-refractivity contribution in [2.75, 3.05) is 6.54 Å². The van der Waals surface area contributed by atoms with Gasteiger partial charge in [0.05, 0.1) is 0 Å². The van der Waals surface area contributed by atoms with E-state index in [0.29, 0.717) is 12.1 Å². The second-order valence-corrected chi connectivity index (χ2v) is 8.21. The molecule has 2 aromatic carbocycles. The van der Waals surface area contributed by atoms with E-state index >= 15 is 0 Å². The Balaban J connectivity index is 1.66. The Morgan fingerprint density at radius 2 is 1.77 bits per heavy atom. The molecule has 156 valence electrons. The lowest BCUT2D eigenvalue weighted by molar-refractivity contribution is -0.124. The minimum absolute atomic E-state index is 0.0192. The van der Waals surface area contributed by atoms with Crippen LogP contribution < -0.4 is 10.8 Å². The molecule has 0 radical (unpaired) electrons. The Kier molecular flexibility index (Phi) is 6.37. The largest absolute Gasteiger partial charge is 0.358 e. The van der Waals surface area contributed by atoms with Crippen molar-refractivity contribution in [1.29, 1.82) is 0 Å². The summed E-state index contributed by atoms with van der Waals surface area (Å²) in [5, 5.41) is 12.7. The van der Waals surface area contributed by atoms with E-state index in [-0.39, 0.29) is 11.3 Å². The van der Waals surface area contributed by atoms with Crippen LogP contribution in [0, 0.1) is 0 Å². The molecule has 0 atom stereocenters. The molecule has 6 nitrogen and oxygen atoms in total. The molecule has 30 heavy (non-hydrogen) atoms. The molecule has 1 heterocycles. The summed E-state index contributed by atoms with van der Waals surface area (Å²) in [6, 6.07) is 15.1. The van der Waals surface area contributed by atoms with Crippen LogP contribution in [-0.2, 0) is 16.6 Å². The number of aromatic amines is 1. The minimum atomic E-state index is -0.608. The van der Waals surface area contributed by atoms with Crippen molar-refractivity contribution in [3.05, 3.63) is 77.0 Å². The maximum Gasteiger partial charge on any atom is 0.267 e. The number of aromatic nitrogens is 1. The number of carbonyl (C=O) groups excluding carboxylic acids is 2. The topological polar surface area (TPSA) is 94.2 Å². The maximum atomic E-state index is 12.5. The van der Waals surface area contributed by atoms with Crippen LogP contribution in [0.1, 0.15) is 48.0 Å². The number of para-hydroxylation sites is 1. The van der Waals surface area contributed by atoms with Gasteiger partial charge in [-0.3, -0.25) is 14.8 Å². The van der Waals surface area contributed by atoms with Gasteiger partial charge in [0, 0.05) is 40.2 Å². The van der Waals surface area contributed by atoms with Gasteiger partial charge >= 0.3 is 0 Å². The first-order valence-electron chi connectivity index (χ1n) is 9.90. The van der Waals surface area contributed by atoms with Gasteiger partial charge in [0.2, 0.25) is 0 Å². The minimum Gasteiger partial charge on any atom is -0.358 e. The number of hydrogen-bond acceptors (Lipinski definition) is 3. The zero-order valence-electron chi connectivity index (χ0n) is 17.5. The van der Waals surface area contributed by atoms with Crippen molar-refractivity contribution in [2.24, 2.45) is 0 Å². The third kappa shape index (κ3) is 4.96. The highest BCUT2D eigenvalue weighted by molar-refractivity contribution is 5.95. The predicted octanol–water partition coefficient (Wildman–Crippen LogP) is 3.96. The molecule has 4 N–H and O–H groups in total. The van der Waals surface area contributed by atoms with Gasteiger partial charge in [0.15, 0.2) is 0 Å². The van der Waals surface area contributed by atoms with E-state index in [1.165, 1.54) is 28.2 Å². The normalized spacial score (nSPS) is 11.7. The molecule has 0 aliphatic carbocycles. The highest BCUT2D eigenvalue weighted by atomic mass is 16.5. The fraction of sp³-hybridized carbons (Fsp3) is 0.250. The van der Waals surface area contributed by atoms with E-state index in [0.717, 1.165) is 17.5 Å². The molecule has 6 heteroatoms. The first-order chi connectivity index (χ1) is 14.3. The predicted molar refractivity (Wildman–Crippen MR) is 118 cm³/mol. The molecule has 0 bridgehead atoms. The Labute approximate surface area is 176 Å². The van der Waals surface area contributed by atoms with Crippen LogP contribution in [0.25, 0.3) is 17.0 Å². The lowest BCUT2D eigenvalue weighted by atomic mass is 9.88. The zero-order chi connectivity index (χ0) is 21.7. The monoisotopic (exact) mass is 405 g/mol. The average Bonchev–Trinajstić information content (AvgIpc) is 3.11. The van der Waals surface area contributed by atoms with Crippen LogP contribution in [-0.4, -0.2) is 28.6 Å². The summed E-state index contributed by atoms with van der Waals surface area (Å²) < 4.78 is 0. The number of benzene rings is 2. The van der Waals surface area contributed by atoms with Crippen LogP contribution in [0.3, 0.4) is 0 Å². The van der Waals surface area contributed by atoms with Gasteiger partial charge in [-0.05, 0) is 41.8 Å². The fourth-order valence-corrected chi connectivity index (χ4v) is 3.46. The van der Waals surface area contributed by atoms with Crippen molar-refractivity contribution in [3.63, 3.8) is 0 Å². The van der Waals surface area contributed by atoms with E-state index < -0.39 is 5.91 Å². The molecule has 3 rings (SSSR count). The summed E-state index contributed by atoms with van der Waals surface area (Å²) >= 11 is 0.